The van der Waals surface area contributed by atoms with Gasteiger partial charge in [0.05, 0.1) is 0 Å². The summed E-state index contributed by atoms with van der Waals surface area (Å²) in [4.78, 5) is 14.4. The molecule has 2 aromatic carbocycles. The van der Waals surface area contributed by atoms with Crippen LogP contribution in [0.3, 0.4) is 0 Å². The molecule has 1 aliphatic heterocycles. The van der Waals surface area contributed by atoms with E-state index < -0.39 is 0 Å². The summed E-state index contributed by atoms with van der Waals surface area (Å²) < 4.78 is 5.31. The van der Waals surface area contributed by atoms with Crippen LogP contribution in [-0.4, -0.2) is 18.0 Å². The predicted octanol–water partition coefficient (Wildman–Crippen LogP) is 3.62. The number of halogens is 1. The zero-order valence-corrected chi connectivity index (χ0v) is 12.5. The van der Waals surface area contributed by atoms with E-state index in [1.54, 1.807) is 12.1 Å². The van der Waals surface area contributed by atoms with E-state index in [0.717, 1.165) is 24.4 Å². The topological polar surface area (TPSA) is 29.5 Å². The Morgan fingerprint density at radius 3 is 2.65 bits per heavy atom. The van der Waals surface area contributed by atoms with Crippen LogP contribution in [0.4, 0.5) is 5.69 Å². The number of carbonyl (C=O) groups is 1. The van der Waals surface area contributed by atoms with Gasteiger partial charge in [-0.15, -0.1) is 0 Å². The summed E-state index contributed by atoms with van der Waals surface area (Å²) in [5, 5.41) is 0. The second kappa shape index (κ2) is 5.67. The molecule has 0 bridgehead atoms. The van der Waals surface area contributed by atoms with Crippen molar-refractivity contribution in [3.63, 3.8) is 0 Å². The standard InChI is InChI=1S/C16H14BrNO2/c17-11-20-14-7-5-13(6-8-14)16(19)18-10-9-12-3-1-2-4-15(12)18/h1-8H,9-11H2. The summed E-state index contributed by atoms with van der Waals surface area (Å²) in [6.07, 6.45) is 0.923. The van der Waals surface area contributed by atoms with Gasteiger partial charge in [0, 0.05) is 17.8 Å². The first-order valence-electron chi connectivity index (χ1n) is 6.48. The molecule has 4 heteroatoms. The van der Waals surface area contributed by atoms with Crippen molar-refractivity contribution in [2.45, 2.75) is 6.42 Å². The molecule has 0 spiro atoms. The Morgan fingerprint density at radius 1 is 1.15 bits per heavy atom. The van der Waals surface area contributed by atoms with Crippen molar-refractivity contribution in [1.29, 1.82) is 0 Å². The van der Waals surface area contributed by atoms with E-state index in [1.807, 2.05) is 35.2 Å². The lowest BCUT2D eigenvalue weighted by Crippen LogP contribution is -2.28. The van der Waals surface area contributed by atoms with Gasteiger partial charge in [0.15, 0.2) is 0 Å². The Bertz CT molecular complexity index is 625. The van der Waals surface area contributed by atoms with Crippen molar-refractivity contribution in [3.05, 3.63) is 59.7 Å². The predicted molar refractivity (Wildman–Crippen MR) is 82.7 cm³/mol. The fourth-order valence-electron chi connectivity index (χ4n) is 2.46. The molecule has 2 aromatic rings. The molecule has 1 heterocycles. The molecule has 3 nitrogen and oxygen atoms in total. The number of hydrogen-bond donors (Lipinski definition) is 0. The summed E-state index contributed by atoms with van der Waals surface area (Å²) in [6, 6.07) is 15.3. The Labute approximate surface area is 126 Å². The normalized spacial score (nSPS) is 13.2. The number of para-hydroxylation sites is 1. The maximum atomic E-state index is 12.6. The van der Waals surface area contributed by atoms with Crippen LogP contribution in [0.15, 0.2) is 48.5 Å². The molecule has 1 aliphatic rings. The van der Waals surface area contributed by atoms with E-state index in [2.05, 4.69) is 22.0 Å². The van der Waals surface area contributed by atoms with Crippen LogP contribution < -0.4 is 9.64 Å². The Hall–Kier alpha value is -1.81. The molecule has 0 radical (unpaired) electrons. The molecule has 3 rings (SSSR count). The van der Waals surface area contributed by atoms with Gasteiger partial charge in [-0.05, 0) is 58.2 Å². The lowest BCUT2D eigenvalue weighted by Gasteiger charge is -2.17. The van der Waals surface area contributed by atoms with E-state index in [-0.39, 0.29) is 5.91 Å². The lowest BCUT2D eigenvalue weighted by molar-refractivity contribution is 0.0989. The highest BCUT2D eigenvalue weighted by atomic mass is 79.9. The molecular formula is C16H14BrNO2. The third-order valence-electron chi connectivity index (χ3n) is 3.45. The Balaban J connectivity index is 1.83. The molecule has 0 N–H and O–H groups in total. The van der Waals surface area contributed by atoms with E-state index in [9.17, 15) is 4.79 Å². The number of alkyl halides is 1. The summed E-state index contributed by atoms with van der Waals surface area (Å²) in [5.41, 5.74) is 3.39. The zero-order chi connectivity index (χ0) is 13.9. The summed E-state index contributed by atoms with van der Waals surface area (Å²) in [7, 11) is 0. The number of rotatable bonds is 3. The molecule has 102 valence electrons. The van der Waals surface area contributed by atoms with E-state index >= 15 is 0 Å². The SMILES string of the molecule is O=C(c1ccc(OCBr)cc1)N1CCc2ccccc21. The monoisotopic (exact) mass is 331 g/mol. The fourth-order valence-corrected chi connectivity index (χ4v) is 2.73. The Kier molecular flexibility index (Phi) is 3.74. The van der Waals surface area contributed by atoms with Crippen LogP contribution in [0.1, 0.15) is 15.9 Å². The lowest BCUT2D eigenvalue weighted by atomic mass is 10.1. The molecule has 0 aromatic heterocycles. The van der Waals surface area contributed by atoms with Gasteiger partial charge in [-0.1, -0.05) is 18.2 Å². The van der Waals surface area contributed by atoms with Gasteiger partial charge >= 0.3 is 0 Å². The number of carbonyl (C=O) groups excluding carboxylic acids is 1. The first kappa shape index (κ1) is 13.2. The van der Waals surface area contributed by atoms with Gasteiger partial charge in [-0.25, -0.2) is 0 Å². The van der Waals surface area contributed by atoms with Crippen LogP contribution in [-0.2, 0) is 6.42 Å². The molecule has 0 aliphatic carbocycles. The minimum Gasteiger partial charge on any atom is -0.482 e. The third-order valence-corrected chi connectivity index (χ3v) is 3.68. The van der Waals surface area contributed by atoms with Crippen molar-refractivity contribution in [2.75, 3.05) is 17.0 Å². The quantitative estimate of drug-likeness (QED) is 0.804. The minimum absolute atomic E-state index is 0.0420. The van der Waals surface area contributed by atoms with Gasteiger partial charge in [-0.3, -0.25) is 4.79 Å². The van der Waals surface area contributed by atoms with Gasteiger partial charge in [0.1, 0.15) is 11.3 Å². The molecule has 0 unspecified atom stereocenters. The molecule has 0 saturated heterocycles. The van der Waals surface area contributed by atoms with Crippen LogP contribution in [0.2, 0.25) is 0 Å². The molecule has 0 atom stereocenters. The van der Waals surface area contributed by atoms with Crippen LogP contribution in [0, 0.1) is 0 Å². The van der Waals surface area contributed by atoms with Gasteiger partial charge < -0.3 is 9.64 Å². The third kappa shape index (κ3) is 2.43. The number of anilines is 1. The van der Waals surface area contributed by atoms with Crippen molar-refractivity contribution in [2.24, 2.45) is 0 Å². The highest BCUT2D eigenvalue weighted by Gasteiger charge is 2.24. The molecule has 20 heavy (non-hydrogen) atoms. The number of benzene rings is 2. The van der Waals surface area contributed by atoms with Crippen molar-refractivity contribution in [1.82, 2.24) is 0 Å². The number of ether oxygens (including phenoxy) is 1. The van der Waals surface area contributed by atoms with E-state index in [0.29, 0.717) is 11.1 Å². The number of amides is 1. The van der Waals surface area contributed by atoms with Gasteiger partial charge in [-0.2, -0.15) is 0 Å². The highest BCUT2D eigenvalue weighted by Crippen LogP contribution is 2.29. The summed E-state index contributed by atoms with van der Waals surface area (Å²) >= 11 is 3.21. The van der Waals surface area contributed by atoms with Crippen molar-refractivity contribution in [3.8, 4) is 5.75 Å². The average molecular weight is 332 g/mol. The fraction of sp³-hybridized carbons (Fsp3) is 0.188. The largest absolute Gasteiger partial charge is 0.482 e. The van der Waals surface area contributed by atoms with Crippen LogP contribution in [0.25, 0.3) is 0 Å². The number of hydrogen-bond acceptors (Lipinski definition) is 2. The second-order valence-corrected chi connectivity index (χ2v) is 5.07. The van der Waals surface area contributed by atoms with Crippen LogP contribution in [0.5, 0.6) is 5.75 Å². The minimum atomic E-state index is 0.0420. The van der Waals surface area contributed by atoms with E-state index in [4.69, 9.17) is 4.74 Å². The average Bonchev–Trinajstić information content (AvgIpc) is 2.92. The van der Waals surface area contributed by atoms with Crippen molar-refractivity contribution >= 4 is 27.5 Å². The van der Waals surface area contributed by atoms with Gasteiger partial charge in [0.25, 0.3) is 5.91 Å². The summed E-state index contributed by atoms with van der Waals surface area (Å²) in [6.45, 7) is 0.748. The first-order valence-corrected chi connectivity index (χ1v) is 7.60. The van der Waals surface area contributed by atoms with Crippen molar-refractivity contribution < 1.29 is 9.53 Å². The zero-order valence-electron chi connectivity index (χ0n) is 10.9. The molecular weight excluding hydrogens is 318 g/mol. The molecule has 0 saturated carbocycles. The maximum Gasteiger partial charge on any atom is 0.258 e. The number of nitrogens with zero attached hydrogens (tertiary/aromatic N) is 1. The van der Waals surface area contributed by atoms with E-state index in [1.165, 1.54) is 5.56 Å². The highest BCUT2D eigenvalue weighted by molar-refractivity contribution is 9.09. The number of fused-ring (bicyclic) bond motifs is 1. The smallest absolute Gasteiger partial charge is 0.258 e. The molecule has 1 amide bonds. The second-order valence-electron chi connectivity index (χ2n) is 4.61. The summed E-state index contributed by atoms with van der Waals surface area (Å²) in [5.74, 6) is 0.792. The maximum absolute atomic E-state index is 12.6. The first-order chi connectivity index (χ1) is 9.79. The van der Waals surface area contributed by atoms with Crippen LogP contribution >= 0.6 is 15.9 Å². The molecule has 0 fully saturated rings. The Morgan fingerprint density at radius 2 is 1.90 bits per heavy atom. The van der Waals surface area contributed by atoms with Gasteiger partial charge in [0.2, 0.25) is 0 Å².